The van der Waals surface area contributed by atoms with Gasteiger partial charge in [-0.2, -0.15) is 0 Å². The van der Waals surface area contributed by atoms with Crippen LogP contribution in [0.15, 0.2) is 11.8 Å². The third kappa shape index (κ3) is 2.01. The second kappa shape index (κ2) is 3.94. The van der Waals surface area contributed by atoms with Crippen LogP contribution in [-0.2, 0) is 4.74 Å². The average molecular weight is 167 g/mol. The van der Waals surface area contributed by atoms with Crippen LogP contribution in [0.25, 0.3) is 0 Å². The maximum Gasteiger partial charge on any atom is 0.0642 e. The molecule has 0 bridgehead atoms. The first-order valence-corrected chi connectivity index (χ1v) is 4.96. The van der Waals surface area contributed by atoms with Gasteiger partial charge in [0.25, 0.3) is 0 Å². The summed E-state index contributed by atoms with van der Waals surface area (Å²) in [5, 5.41) is 0. The summed E-state index contributed by atoms with van der Waals surface area (Å²) in [6.07, 6.45) is 7.83. The Balaban J connectivity index is 1.86. The number of hydrogen-bond donors (Lipinski definition) is 0. The van der Waals surface area contributed by atoms with E-state index in [0.29, 0.717) is 0 Å². The van der Waals surface area contributed by atoms with Gasteiger partial charge in [0.15, 0.2) is 0 Å². The third-order valence-electron chi connectivity index (χ3n) is 2.66. The van der Waals surface area contributed by atoms with Crippen LogP contribution in [0.1, 0.15) is 25.7 Å². The molecule has 2 nitrogen and oxygen atoms in total. The van der Waals surface area contributed by atoms with E-state index in [1.165, 1.54) is 25.7 Å². The number of morpholine rings is 1. The Morgan fingerprint density at radius 3 is 2.42 bits per heavy atom. The summed E-state index contributed by atoms with van der Waals surface area (Å²) in [6.45, 7) is 3.99. The molecule has 0 spiro atoms. The van der Waals surface area contributed by atoms with Gasteiger partial charge in [-0.3, -0.25) is 0 Å². The molecular weight excluding hydrogens is 150 g/mol. The first-order chi connectivity index (χ1) is 5.95. The van der Waals surface area contributed by atoms with E-state index >= 15 is 0 Å². The Bertz CT molecular complexity index is 163. The van der Waals surface area contributed by atoms with Gasteiger partial charge in [-0.1, -0.05) is 5.57 Å². The summed E-state index contributed by atoms with van der Waals surface area (Å²) in [7, 11) is 0. The minimum atomic E-state index is 0.907. The molecule has 12 heavy (non-hydrogen) atoms. The quantitative estimate of drug-likeness (QED) is 0.590. The van der Waals surface area contributed by atoms with Crippen molar-refractivity contribution in [1.29, 1.82) is 0 Å². The zero-order valence-electron chi connectivity index (χ0n) is 7.59. The molecule has 1 aliphatic heterocycles. The SMILES string of the molecule is C(=C1CCCC1)N1CCOCC1. The average Bonchev–Trinajstić information content (AvgIpc) is 2.59. The van der Waals surface area contributed by atoms with Crippen molar-refractivity contribution in [1.82, 2.24) is 4.90 Å². The van der Waals surface area contributed by atoms with Crippen LogP contribution in [0.5, 0.6) is 0 Å². The molecule has 0 N–H and O–H groups in total. The number of allylic oxidation sites excluding steroid dienone is 1. The van der Waals surface area contributed by atoms with Crippen LogP contribution >= 0.6 is 0 Å². The molecule has 0 aromatic carbocycles. The van der Waals surface area contributed by atoms with Gasteiger partial charge in [0.05, 0.1) is 13.2 Å². The monoisotopic (exact) mass is 167 g/mol. The highest BCUT2D eigenvalue weighted by atomic mass is 16.5. The molecule has 1 aliphatic carbocycles. The molecule has 2 heteroatoms. The fourth-order valence-electron chi connectivity index (χ4n) is 1.92. The number of nitrogens with zero attached hydrogens (tertiary/aromatic N) is 1. The van der Waals surface area contributed by atoms with Crippen LogP contribution < -0.4 is 0 Å². The highest BCUT2D eigenvalue weighted by molar-refractivity contribution is 5.05. The summed E-state index contributed by atoms with van der Waals surface area (Å²) in [5.41, 5.74) is 1.65. The van der Waals surface area contributed by atoms with Gasteiger partial charge in [-0.15, -0.1) is 0 Å². The zero-order chi connectivity index (χ0) is 8.23. The van der Waals surface area contributed by atoms with Crippen molar-refractivity contribution in [2.75, 3.05) is 26.3 Å². The summed E-state index contributed by atoms with van der Waals surface area (Å²) in [6, 6.07) is 0. The van der Waals surface area contributed by atoms with Crippen LogP contribution in [0, 0.1) is 0 Å². The predicted molar refractivity (Wildman–Crippen MR) is 48.9 cm³/mol. The van der Waals surface area contributed by atoms with Gasteiger partial charge in [0.1, 0.15) is 0 Å². The number of hydrogen-bond acceptors (Lipinski definition) is 2. The topological polar surface area (TPSA) is 12.5 Å². The van der Waals surface area contributed by atoms with Crippen LogP contribution in [0.3, 0.4) is 0 Å². The van der Waals surface area contributed by atoms with E-state index in [1.807, 2.05) is 0 Å². The van der Waals surface area contributed by atoms with Crippen molar-refractivity contribution in [2.24, 2.45) is 0 Å². The van der Waals surface area contributed by atoms with Crippen molar-refractivity contribution in [3.05, 3.63) is 11.8 Å². The lowest BCUT2D eigenvalue weighted by Gasteiger charge is -2.25. The Morgan fingerprint density at radius 2 is 1.75 bits per heavy atom. The lowest BCUT2D eigenvalue weighted by molar-refractivity contribution is 0.0589. The molecule has 2 aliphatic rings. The smallest absolute Gasteiger partial charge is 0.0642 e. The Morgan fingerprint density at radius 1 is 1.08 bits per heavy atom. The fraction of sp³-hybridized carbons (Fsp3) is 0.800. The second-order valence-electron chi connectivity index (χ2n) is 3.64. The van der Waals surface area contributed by atoms with E-state index in [-0.39, 0.29) is 0 Å². The van der Waals surface area contributed by atoms with E-state index < -0.39 is 0 Å². The van der Waals surface area contributed by atoms with Crippen LogP contribution in [0.2, 0.25) is 0 Å². The van der Waals surface area contributed by atoms with E-state index in [1.54, 1.807) is 5.57 Å². The molecule has 1 saturated heterocycles. The van der Waals surface area contributed by atoms with Crippen molar-refractivity contribution >= 4 is 0 Å². The summed E-state index contributed by atoms with van der Waals surface area (Å²) >= 11 is 0. The number of rotatable bonds is 1. The van der Waals surface area contributed by atoms with Crippen molar-refractivity contribution in [3.8, 4) is 0 Å². The molecule has 1 heterocycles. The zero-order valence-corrected chi connectivity index (χ0v) is 7.59. The number of ether oxygens (including phenoxy) is 1. The molecule has 68 valence electrons. The highest BCUT2D eigenvalue weighted by Gasteiger charge is 2.10. The van der Waals surface area contributed by atoms with Gasteiger partial charge in [-0.25, -0.2) is 0 Å². The van der Waals surface area contributed by atoms with E-state index in [4.69, 9.17) is 4.74 Å². The molecule has 0 amide bonds. The standard InChI is InChI=1S/C10H17NO/c1-2-4-10(3-1)9-11-5-7-12-8-6-11/h9H,1-8H2. The molecule has 0 aromatic heterocycles. The molecule has 0 radical (unpaired) electrons. The summed E-state index contributed by atoms with van der Waals surface area (Å²) < 4.78 is 5.29. The molecule has 0 atom stereocenters. The maximum absolute atomic E-state index is 5.29. The van der Waals surface area contributed by atoms with E-state index in [9.17, 15) is 0 Å². The van der Waals surface area contributed by atoms with Gasteiger partial charge < -0.3 is 9.64 Å². The summed E-state index contributed by atoms with van der Waals surface area (Å²) in [5.74, 6) is 0. The Hall–Kier alpha value is -0.500. The summed E-state index contributed by atoms with van der Waals surface area (Å²) in [4.78, 5) is 2.41. The molecule has 1 saturated carbocycles. The van der Waals surface area contributed by atoms with Crippen LogP contribution in [-0.4, -0.2) is 31.2 Å². The third-order valence-corrected chi connectivity index (χ3v) is 2.66. The minimum absolute atomic E-state index is 0.907. The Kier molecular flexibility index (Phi) is 2.67. The van der Waals surface area contributed by atoms with Gasteiger partial charge in [0, 0.05) is 13.1 Å². The van der Waals surface area contributed by atoms with Crippen molar-refractivity contribution in [3.63, 3.8) is 0 Å². The minimum Gasteiger partial charge on any atom is -0.378 e. The molecular formula is C10H17NO. The molecule has 0 unspecified atom stereocenters. The van der Waals surface area contributed by atoms with E-state index in [2.05, 4.69) is 11.1 Å². The maximum atomic E-state index is 5.29. The second-order valence-corrected chi connectivity index (χ2v) is 3.64. The predicted octanol–water partition coefficient (Wildman–Crippen LogP) is 1.78. The first-order valence-electron chi connectivity index (χ1n) is 4.96. The lowest BCUT2D eigenvalue weighted by atomic mass is 10.2. The van der Waals surface area contributed by atoms with Gasteiger partial charge in [-0.05, 0) is 31.9 Å². The molecule has 2 rings (SSSR count). The van der Waals surface area contributed by atoms with Crippen LogP contribution in [0.4, 0.5) is 0 Å². The normalized spacial score (nSPS) is 24.7. The first kappa shape index (κ1) is 8.11. The van der Waals surface area contributed by atoms with Gasteiger partial charge in [0.2, 0.25) is 0 Å². The molecule has 0 aromatic rings. The molecule has 2 fully saturated rings. The van der Waals surface area contributed by atoms with Gasteiger partial charge >= 0.3 is 0 Å². The lowest BCUT2D eigenvalue weighted by Crippen LogP contribution is -2.32. The Labute approximate surface area is 74.2 Å². The largest absolute Gasteiger partial charge is 0.378 e. The van der Waals surface area contributed by atoms with E-state index in [0.717, 1.165) is 26.3 Å². The van der Waals surface area contributed by atoms with Crippen molar-refractivity contribution in [2.45, 2.75) is 25.7 Å². The highest BCUT2D eigenvalue weighted by Crippen LogP contribution is 2.24. The van der Waals surface area contributed by atoms with Crippen molar-refractivity contribution < 1.29 is 4.74 Å². The fourth-order valence-corrected chi connectivity index (χ4v) is 1.92.